The van der Waals surface area contributed by atoms with Crippen molar-refractivity contribution in [3.05, 3.63) is 29.8 Å². The Morgan fingerprint density at radius 1 is 0.957 bits per heavy atom. The van der Waals surface area contributed by atoms with Crippen LogP contribution in [0.5, 0.6) is 0 Å². The van der Waals surface area contributed by atoms with Gasteiger partial charge in [-0.15, -0.1) is 0 Å². The predicted molar refractivity (Wildman–Crippen MR) is 91.1 cm³/mol. The minimum Gasteiger partial charge on any atom is -0.381 e. The van der Waals surface area contributed by atoms with Gasteiger partial charge in [0.05, 0.1) is 11.0 Å². The van der Waals surface area contributed by atoms with Crippen molar-refractivity contribution in [1.82, 2.24) is 4.31 Å². The molecule has 2 fully saturated rings. The minimum absolute atomic E-state index is 0.190. The third kappa shape index (κ3) is 3.78. The molecule has 128 valence electrons. The van der Waals surface area contributed by atoms with Gasteiger partial charge in [0.1, 0.15) is 0 Å². The van der Waals surface area contributed by atoms with Gasteiger partial charge in [-0.25, -0.2) is 8.42 Å². The molecule has 1 heterocycles. The summed E-state index contributed by atoms with van der Waals surface area (Å²) in [7, 11) is -1.67. The highest BCUT2D eigenvalue weighted by Gasteiger charge is 2.29. The lowest BCUT2D eigenvalue weighted by Crippen LogP contribution is -2.40. The van der Waals surface area contributed by atoms with Crippen molar-refractivity contribution >= 4 is 10.0 Å². The van der Waals surface area contributed by atoms with Crippen LogP contribution in [0.3, 0.4) is 0 Å². The Hall–Kier alpha value is -0.910. The Balaban J connectivity index is 1.70. The molecule has 0 spiro atoms. The number of rotatable bonds is 4. The van der Waals surface area contributed by atoms with E-state index in [0.717, 1.165) is 12.8 Å². The molecule has 0 unspecified atom stereocenters. The zero-order valence-corrected chi connectivity index (χ0v) is 14.7. The fourth-order valence-electron chi connectivity index (χ4n) is 3.81. The fraction of sp³-hybridized carbons (Fsp3) is 0.667. The molecule has 1 aromatic carbocycles. The summed E-state index contributed by atoms with van der Waals surface area (Å²) in [5.41, 5.74) is 1.29. The van der Waals surface area contributed by atoms with Crippen LogP contribution in [0.15, 0.2) is 29.2 Å². The van der Waals surface area contributed by atoms with Crippen molar-refractivity contribution in [3.63, 3.8) is 0 Å². The maximum atomic E-state index is 12.8. The van der Waals surface area contributed by atoms with E-state index < -0.39 is 10.0 Å². The van der Waals surface area contributed by atoms with E-state index in [9.17, 15) is 8.42 Å². The van der Waals surface area contributed by atoms with E-state index in [-0.39, 0.29) is 6.10 Å². The molecule has 1 aromatic rings. The van der Waals surface area contributed by atoms with Crippen LogP contribution in [0, 0.1) is 0 Å². The average molecular weight is 337 g/mol. The molecule has 1 saturated carbocycles. The van der Waals surface area contributed by atoms with Crippen molar-refractivity contribution in [2.75, 3.05) is 20.2 Å². The molecule has 23 heavy (non-hydrogen) atoms. The first-order valence-electron chi connectivity index (χ1n) is 8.74. The lowest BCUT2D eigenvalue weighted by molar-refractivity contribution is 0.0604. The smallest absolute Gasteiger partial charge is 0.243 e. The van der Waals surface area contributed by atoms with Gasteiger partial charge < -0.3 is 4.74 Å². The number of methoxy groups -OCH3 is 1. The summed E-state index contributed by atoms with van der Waals surface area (Å²) in [6, 6.07) is 7.62. The Kier molecular flexibility index (Phi) is 5.39. The highest BCUT2D eigenvalue weighted by Crippen LogP contribution is 2.33. The van der Waals surface area contributed by atoms with Gasteiger partial charge in [0.25, 0.3) is 0 Å². The molecule has 0 atom stereocenters. The van der Waals surface area contributed by atoms with Crippen molar-refractivity contribution in [2.45, 2.75) is 61.9 Å². The third-order valence-corrected chi connectivity index (χ3v) is 7.24. The summed E-state index contributed by atoms with van der Waals surface area (Å²) in [5.74, 6) is 0.609. The van der Waals surface area contributed by atoms with Crippen LogP contribution in [0.25, 0.3) is 0 Å². The summed E-state index contributed by atoms with van der Waals surface area (Å²) >= 11 is 0. The summed E-state index contributed by atoms with van der Waals surface area (Å²) in [4.78, 5) is 0.424. The lowest BCUT2D eigenvalue weighted by atomic mass is 9.84. The van der Waals surface area contributed by atoms with Gasteiger partial charge in [-0.1, -0.05) is 31.4 Å². The second kappa shape index (κ2) is 7.32. The molecule has 0 aromatic heterocycles. The number of piperidine rings is 1. The minimum atomic E-state index is -3.36. The van der Waals surface area contributed by atoms with E-state index in [2.05, 4.69) is 0 Å². The molecule has 1 aliphatic heterocycles. The molecule has 5 heteroatoms. The molecule has 3 rings (SSSR count). The first kappa shape index (κ1) is 16.9. The average Bonchev–Trinajstić information content (AvgIpc) is 2.62. The number of hydrogen-bond acceptors (Lipinski definition) is 3. The molecule has 1 saturated heterocycles. The maximum absolute atomic E-state index is 12.8. The van der Waals surface area contributed by atoms with Crippen molar-refractivity contribution in [2.24, 2.45) is 0 Å². The first-order valence-corrected chi connectivity index (χ1v) is 10.2. The number of ether oxygens (including phenoxy) is 1. The molecule has 0 N–H and O–H groups in total. The SMILES string of the molecule is COC1CCN(S(=O)(=O)c2ccc(C3CCCCC3)cc2)CC1. The van der Waals surface area contributed by atoms with E-state index in [0.29, 0.717) is 23.9 Å². The maximum Gasteiger partial charge on any atom is 0.243 e. The summed E-state index contributed by atoms with van der Waals surface area (Å²) < 4.78 is 32.4. The Morgan fingerprint density at radius 3 is 2.13 bits per heavy atom. The molecule has 0 bridgehead atoms. The van der Waals surface area contributed by atoms with Crippen LogP contribution in [-0.2, 0) is 14.8 Å². The van der Waals surface area contributed by atoms with Gasteiger partial charge in [0, 0.05) is 20.2 Å². The van der Waals surface area contributed by atoms with Crippen LogP contribution >= 0.6 is 0 Å². The van der Waals surface area contributed by atoms with E-state index in [1.165, 1.54) is 37.7 Å². The van der Waals surface area contributed by atoms with Crippen molar-refractivity contribution in [3.8, 4) is 0 Å². The molecular formula is C18H27NO3S. The number of nitrogens with zero attached hydrogens (tertiary/aromatic N) is 1. The zero-order chi connectivity index (χ0) is 16.3. The molecule has 0 radical (unpaired) electrons. The van der Waals surface area contributed by atoms with Gasteiger partial charge in [-0.3, -0.25) is 0 Å². The number of benzene rings is 1. The quantitative estimate of drug-likeness (QED) is 0.844. The second-order valence-corrected chi connectivity index (χ2v) is 8.68. The zero-order valence-electron chi connectivity index (χ0n) is 13.9. The molecular weight excluding hydrogens is 310 g/mol. The van der Waals surface area contributed by atoms with E-state index in [1.54, 1.807) is 23.5 Å². The molecule has 1 aliphatic carbocycles. The Bertz CT molecular complexity index is 598. The monoisotopic (exact) mass is 337 g/mol. The van der Waals surface area contributed by atoms with Gasteiger partial charge >= 0.3 is 0 Å². The van der Waals surface area contributed by atoms with Gasteiger partial charge in [-0.2, -0.15) is 4.31 Å². The van der Waals surface area contributed by atoms with Crippen LogP contribution in [0.1, 0.15) is 56.4 Å². The van der Waals surface area contributed by atoms with Crippen LogP contribution in [0.4, 0.5) is 0 Å². The summed E-state index contributed by atoms with van der Waals surface area (Å²) in [6.45, 7) is 1.09. The van der Waals surface area contributed by atoms with E-state index in [1.807, 2.05) is 12.1 Å². The lowest BCUT2D eigenvalue weighted by Gasteiger charge is -2.30. The van der Waals surface area contributed by atoms with Crippen LogP contribution in [-0.4, -0.2) is 39.0 Å². The van der Waals surface area contributed by atoms with E-state index in [4.69, 9.17) is 4.74 Å². The largest absolute Gasteiger partial charge is 0.381 e. The van der Waals surface area contributed by atoms with Crippen molar-refractivity contribution < 1.29 is 13.2 Å². The highest BCUT2D eigenvalue weighted by molar-refractivity contribution is 7.89. The van der Waals surface area contributed by atoms with E-state index >= 15 is 0 Å². The second-order valence-electron chi connectivity index (χ2n) is 6.74. The molecule has 0 amide bonds. The molecule has 4 nitrogen and oxygen atoms in total. The first-order chi connectivity index (χ1) is 11.1. The Morgan fingerprint density at radius 2 is 1.57 bits per heavy atom. The predicted octanol–water partition coefficient (Wildman–Crippen LogP) is 3.53. The van der Waals surface area contributed by atoms with Crippen LogP contribution in [0.2, 0.25) is 0 Å². The van der Waals surface area contributed by atoms with Gasteiger partial charge in [0.2, 0.25) is 10.0 Å². The Labute approximate surface area is 139 Å². The number of sulfonamides is 1. The highest BCUT2D eigenvalue weighted by atomic mass is 32.2. The fourth-order valence-corrected chi connectivity index (χ4v) is 5.27. The number of hydrogen-bond donors (Lipinski definition) is 0. The van der Waals surface area contributed by atoms with Crippen LogP contribution < -0.4 is 0 Å². The third-order valence-electron chi connectivity index (χ3n) is 5.33. The normalized spacial score (nSPS) is 22.3. The van der Waals surface area contributed by atoms with Gasteiger partial charge in [-0.05, 0) is 49.3 Å². The van der Waals surface area contributed by atoms with Crippen molar-refractivity contribution in [1.29, 1.82) is 0 Å². The molecule has 2 aliphatic rings. The standard InChI is InChI=1S/C18H27NO3S/c1-22-17-11-13-19(14-12-17)23(20,21)18-9-7-16(8-10-18)15-5-3-2-4-6-15/h7-10,15,17H,2-6,11-14H2,1H3. The topological polar surface area (TPSA) is 46.6 Å². The summed E-state index contributed by atoms with van der Waals surface area (Å²) in [5, 5.41) is 0. The van der Waals surface area contributed by atoms with Gasteiger partial charge in [0.15, 0.2) is 0 Å². The summed E-state index contributed by atoms with van der Waals surface area (Å²) in [6.07, 6.45) is 8.12.